The van der Waals surface area contributed by atoms with E-state index in [1.807, 2.05) is 0 Å². The van der Waals surface area contributed by atoms with Crippen LogP contribution in [0.3, 0.4) is 0 Å². The summed E-state index contributed by atoms with van der Waals surface area (Å²) in [5.41, 5.74) is -15.4. The molecule has 0 saturated heterocycles. The molecule has 5 aromatic rings. The molecule has 0 fully saturated rings. The molecule has 2 unspecified atom stereocenters. The molecule has 6 N–H and O–H groups in total. The van der Waals surface area contributed by atoms with E-state index in [1.165, 1.54) is 0 Å². The highest BCUT2D eigenvalue weighted by atomic mass is 19.2. The first-order valence-electron chi connectivity index (χ1n) is 27.0. The Bertz CT molecular complexity index is 3740. The van der Waals surface area contributed by atoms with Crippen LogP contribution >= 0.6 is 0 Å². The van der Waals surface area contributed by atoms with E-state index < -0.39 is 260 Å². The maximum atomic E-state index is 16.9. The van der Waals surface area contributed by atoms with E-state index in [9.17, 15) is 20.4 Å². The number of hydrogen-bond acceptors (Lipinski definition) is 11. The maximum absolute atomic E-state index is 16.9. The highest BCUT2D eigenvalue weighted by molar-refractivity contribution is 6.32. The van der Waals surface area contributed by atoms with Gasteiger partial charge in [-0.05, 0) is 93.9 Å². The third kappa shape index (κ3) is 11.9. The molecule has 88 heavy (non-hydrogen) atoms. The molecule has 468 valence electrons. The lowest BCUT2D eigenvalue weighted by atomic mass is 9.86. The third-order valence-corrected chi connectivity index (χ3v) is 14.2. The van der Waals surface area contributed by atoms with Crippen LogP contribution in [0.4, 0.5) is 70.2 Å². The quantitative estimate of drug-likeness (QED) is 0.0200. The molecular weight excluding hydrogens is 1210 g/mol. The number of rotatable bonds is 24. The summed E-state index contributed by atoms with van der Waals surface area (Å²) >= 11 is 0. The van der Waals surface area contributed by atoms with Crippen LogP contribution in [-0.4, -0.2) is 95.7 Å². The average molecular weight is 1260 g/mol. The van der Waals surface area contributed by atoms with Gasteiger partial charge in [-0.2, -0.15) is 35.1 Å². The molecule has 4 aromatic carbocycles. The zero-order valence-corrected chi connectivity index (χ0v) is 45.5. The van der Waals surface area contributed by atoms with E-state index >= 15 is 70.2 Å². The minimum atomic E-state index is -2.32. The molecule has 28 heteroatoms. The fraction of sp³-hybridized carbons (Fsp3) is 0.300. The van der Waals surface area contributed by atoms with Gasteiger partial charge in [-0.3, -0.25) is 4.99 Å². The first-order chi connectivity index (χ1) is 42.2. The predicted molar refractivity (Wildman–Crippen MR) is 284 cm³/mol. The minimum absolute atomic E-state index is 0.0109. The lowest BCUT2D eigenvalue weighted by molar-refractivity contribution is 0.236. The summed E-state index contributed by atoms with van der Waals surface area (Å²) in [6.07, 6.45) is 4.67. The fourth-order valence-corrected chi connectivity index (χ4v) is 10.0. The lowest BCUT2D eigenvalue weighted by Gasteiger charge is -2.26. The van der Waals surface area contributed by atoms with Crippen molar-refractivity contribution in [2.45, 2.75) is 63.3 Å². The molecular formula is C60H48F16N4O8. The van der Waals surface area contributed by atoms with Crippen molar-refractivity contribution in [3.05, 3.63) is 192 Å². The number of aliphatic imine (C=N–C) groups is 2. The van der Waals surface area contributed by atoms with E-state index in [0.717, 1.165) is 48.6 Å². The molecule has 5 heterocycles. The number of unbranched alkanes of at least 4 members (excludes halogenated alkanes) is 4. The van der Waals surface area contributed by atoms with Crippen LogP contribution < -0.4 is 24.3 Å². The van der Waals surface area contributed by atoms with Gasteiger partial charge in [0.15, 0.2) is 69.5 Å². The van der Waals surface area contributed by atoms with Crippen molar-refractivity contribution >= 4 is 28.1 Å². The van der Waals surface area contributed by atoms with E-state index in [1.54, 1.807) is 0 Å². The molecule has 0 aliphatic carbocycles. The Morgan fingerprint density at radius 2 is 0.716 bits per heavy atom. The average Bonchev–Trinajstić information content (AvgIpc) is 2.17. The van der Waals surface area contributed by atoms with Crippen molar-refractivity contribution in [1.29, 1.82) is 0 Å². The van der Waals surface area contributed by atoms with E-state index in [4.69, 9.17) is 18.9 Å². The Labute approximate surface area is 488 Å². The smallest absolute Gasteiger partial charge is 0.204 e. The van der Waals surface area contributed by atoms with Crippen molar-refractivity contribution in [2.75, 3.05) is 52.9 Å². The number of aliphatic hydroxyl groups is 4. The predicted octanol–water partition coefficient (Wildman–Crippen LogP) is 12.1. The van der Waals surface area contributed by atoms with Gasteiger partial charge in [-0.25, -0.2) is 40.1 Å². The first-order valence-corrected chi connectivity index (χ1v) is 27.0. The number of allylic oxidation sites excluding steroid dienone is 6. The van der Waals surface area contributed by atoms with Gasteiger partial charge in [0.25, 0.3) is 0 Å². The maximum Gasteiger partial charge on any atom is 0.204 e. The van der Waals surface area contributed by atoms with E-state index in [0.29, 0.717) is 0 Å². The number of hydrogen-bond donors (Lipinski definition) is 6. The number of nitrogens with one attached hydrogen (secondary N) is 2. The summed E-state index contributed by atoms with van der Waals surface area (Å²) in [5, 5.41) is 39.3. The van der Waals surface area contributed by atoms with Gasteiger partial charge in [-0.1, -0.05) is 6.08 Å². The van der Waals surface area contributed by atoms with E-state index in [-0.39, 0.29) is 51.4 Å². The van der Waals surface area contributed by atoms with Gasteiger partial charge in [0.2, 0.25) is 46.5 Å². The molecule has 2 atom stereocenters. The van der Waals surface area contributed by atoms with Crippen molar-refractivity contribution in [3.63, 3.8) is 0 Å². The number of aromatic nitrogens is 1. The zero-order valence-electron chi connectivity index (χ0n) is 45.5. The second kappa shape index (κ2) is 27.4. The molecule has 1 aromatic heterocycles. The van der Waals surface area contributed by atoms with Crippen LogP contribution in [0.15, 0.2) is 75.7 Å². The Balaban J connectivity index is 1.38. The second-order valence-electron chi connectivity index (χ2n) is 19.8. The Morgan fingerprint density at radius 1 is 0.375 bits per heavy atom. The van der Waals surface area contributed by atoms with Gasteiger partial charge >= 0.3 is 0 Å². The number of nitrogens with zero attached hydrogens (tertiary/aromatic N) is 2. The number of H-pyrrole nitrogens is 1. The molecule has 0 amide bonds. The summed E-state index contributed by atoms with van der Waals surface area (Å²) in [4.78, 5) is 11.1. The normalized spacial score (nSPS) is 18.6. The number of aliphatic hydroxyl groups excluding tert-OH is 4. The number of benzene rings is 4. The van der Waals surface area contributed by atoms with Crippen LogP contribution in [0, 0.1) is 93.1 Å². The van der Waals surface area contributed by atoms with Crippen LogP contribution in [0.25, 0.3) is 16.7 Å². The van der Waals surface area contributed by atoms with Crippen molar-refractivity contribution < 1.29 is 110 Å². The van der Waals surface area contributed by atoms with Gasteiger partial charge in [0, 0.05) is 65.8 Å². The third-order valence-electron chi connectivity index (χ3n) is 14.2. The van der Waals surface area contributed by atoms with Gasteiger partial charge in [-0.15, -0.1) is 0 Å². The highest BCUT2D eigenvalue weighted by Gasteiger charge is 2.42. The second-order valence-corrected chi connectivity index (χ2v) is 19.8. The molecule has 4 aliphatic heterocycles. The summed E-state index contributed by atoms with van der Waals surface area (Å²) in [6, 6.07) is -0.339. The standard InChI is InChI=1S/C60H48F16N4O8/c61-41-37(42(62)50(70)57(49(41)69)85-21-5-1-17-81)33-25-9-11-27(77-25)34(38-43(63)51(71)58(52(72)44(38)64)86-22-6-2-18-82)29-13-15-31(79-29)36(40-47(67)55(75)60(56(76)48(40)68)88-24-8-4-20-84)32-16-14-30(80-32)35(28-12-10-26(33)78-28)39-45(65)53(73)59(54(74)46(39)66)87-23-7-3-19-83/h9-16,25,33,77,80-84H,1-8,17-24H2/b34-27+,35-28+,36-31+. The number of fused-ring (bicyclic) bond motifs is 6. The monoisotopic (exact) mass is 1260 g/mol. The van der Waals surface area contributed by atoms with Crippen molar-refractivity contribution in [2.24, 2.45) is 9.98 Å². The molecule has 0 saturated carbocycles. The number of halogens is 16. The SMILES string of the molecule is OCCCCOc1c(F)c(F)c(/C2=C3\C=CC(N3)C(c3c(F)c(F)c(OCCCCO)c(F)c3F)C3=N/C(=C(/c4c(F)c(F)c(OCCCCO)c(F)c4F)c4ccc([nH]4)/C(c4c(F)c(F)c(OCCCCO)c(F)c4F)=C4/C=CC2=N4)C=C3)c(F)c1F. The van der Waals surface area contributed by atoms with Crippen LogP contribution in [-0.2, 0) is 0 Å². The molecule has 0 spiro atoms. The summed E-state index contributed by atoms with van der Waals surface area (Å²) < 4.78 is 285. The Hall–Kier alpha value is -8.34. The molecule has 9 rings (SSSR count). The molecule has 4 aliphatic rings. The Kier molecular flexibility index (Phi) is 19.9. The minimum Gasteiger partial charge on any atom is -0.487 e. The molecule has 12 nitrogen and oxygen atoms in total. The van der Waals surface area contributed by atoms with E-state index in [2.05, 4.69) is 20.3 Å². The summed E-state index contributed by atoms with van der Waals surface area (Å²) in [6.45, 7) is -4.05. The number of aromatic amines is 1. The van der Waals surface area contributed by atoms with Crippen LogP contribution in [0.2, 0.25) is 0 Å². The van der Waals surface area contributed by atoms with Gasteiger partial charge in [0.1, 0.15) is 0 Å². The summed E-state index contributed by atoms with van der Waals surface area (Å²) in [5.74, 6) is -43.8. The van der Waals surface area contributed by atoms with Gasteiger partial charge < -0.3 is 49.7 Å². The van der Waals surface area contributed by atoms with Gasteiger partial charge in [0.05, 0.1) is 77.9 Å². The number of ether oxygens (including phenoxy) is 4. The zero-order chi connectivity index (χ0) is 63.4. The Morgan fingerprint density at radius 3 is 1.09 bits per heavy atom. The van der Waals surface area contributed by atoms with Crippen molar-refractivity contribution in [1.82, 2.24) is 10.3 Å². The van der Waals surface area contributed by atoms with Crippen LogP contribution in [0.1, 0.15) is 90.9 Å². The lowest BCUT2D eigenvalue weighted by Crippen LogP contribution is -2.35. The first kappa shape index (κ1) is 64.1. The van der Waals surface area contributed by atoms with Crippen LogP contribution in [0.5, 0.6) is 23.0 Å². The molecule has 0 radical (unpaired) electrons. The van der Waals surface area contributed by atoms with Crippen molar-refractivity contribution in [3.8, 4) is 23.0 Å². The summed E-state index contributed by atoms with van der Waals surface area (Å²) in [7, 11) is 0. The highest BCUT2D eigenvalue weighted by Crippen LogP contribution is 2.47. The largest absolute Gasteiger partial charge is 0.487 e. The fourth-order valence-electron chi connectivity index (χ4n) is 10.0. The molecule has 8 bridgehead atoms. The topological polar surface area (TPSA) is 170 Å².